The van der Waals surface area contributed by atoms with E-state index in [-0.39, 0.29) is 5.97 Å². The third-order valence-electron chi connectivity index (χ3n) is 3.71. The van der Waals surface area contributed by atoms with Crippen LogP contribution < -0.4 is 5.32 Å². The van der Waals surface area contributed by atoms with E-state index in [0.717, 1.165) is 12.5 Å². The Morgan fingerprint density at radius 1 is 1.29 bits per heavy atom. The largest absolute Gasteiger partial charge is 0.466 e. The number of hydrogen-bond donors (Lipinski definition) is 1. The summed E-state index contributed by atoms with van der Waals surface area (Å²) < 4.78 is 4.91. The predicted octanol–water partition coefficient (Wildman–Crippen LogP) is 2.89. The fourth-order valence-electron chi connectivity index (χ4n) is 2.61. The second kappa shape index (κ2) is 8.51. The van der Waals surface area contributed by atoms with Crippen LogP contribution in [0.4, 0.5) is 0 Å². The quantitative estimate of drug-likeness (QED) is 0.574. The van der Waals surface area contributed by atoms with Crippen LogP contribution >= 0.6 is 0 Å². The Balaban J connectivity index is 2.14. The number of nitrogens with one attached hydrogen (secondary N) is 1. The number of carbonyl (C=O) groups is 1. The summed E-state index contributed by atoms with van der Waals surface area (Å²) in [6.45, 7) is 5.33. The van der Waals surface area contributed by atoms with Gasteiger partial charge in [0.25, 0.3) is 0 Å². The molecule has 0 bridgehead atoms. The standard InChI is InChI=1S/C14H27NO2/c1-3-17-14(16)10-11-15-12(2)13-8-6-4-5-7-9-13/h12-13,15H,3-11H2,1-2H3/t12-/m0/s1. The molecule has 0 spiro atoms. The summed E-state index contributed by atoms with van der Waals surface area (Å²) in [5.74, 6) is 0.702. The van der Waals surface area contributed by atoms with Gasteiger partial charge >= 0.3 is 5.97 Å². The Morgan fingerprint density at radius 3 is 2.53 bits per heavy atom. The molecule has 0 aromatic rings. The first-order chi connectivity index (χ1) is 8.24. The topological polar surface area (TPSA) is 38.3 Å². The molecule has 100 valence electrons. The Morgan fingerprint density at radius 2 is 1.94 bits per heavy atom. The molecule has 0 aliphatic heterocycles. The van der Waals surface area contributed by atoms with Crippen LogP contribution in [-0.4, -0.2) is 25.2 Å². The zero-order valence-electron chi connectivity index (χ0n) is 11.3. The lowest BCUT2D eigenvalue weighted by Crippen LogP contribution is -2.35. The van der Waals surface area contributed by atoms with Crippen LogP contribution in [0.15, 0.2) is 0 Å². The van der Waals surface area contributed by atoms with Crippen molar-refractivity contribution in [1.29, 1.82) is 0 Å². The zero-order chi connectivity index (χ0) is 12.5. The normalized spacial score (nSPS) is 19.6. The zero-order valence-corrected chi connectivity index (χ0v) is 11.3. The Hall–Kier alpha value is -0.570. The fourth-order valence-corrected chi connectivity index (χ4v) is 2.61. The van der Waals surface area contributed by atoms with Crippen LogP contribution in [-0.2, 0) is 9.53 Å². The Labute approximate surface area is 105 Å². The van der Waals surface area contributed by atoms with E-state index in [1.54, 1.807) is 0 Å². The molecule has 1 aliphatic rings. The fraction of sp³-hybridized carbons (Fsp3) is 0.929. The van der Waals surface area contributed by atoms with Gasteiger partial charge in [0.2, 0.25) is 0 Å². The summed E-state index contributed by atoms with van der Waals surface area (Å²) in [5, 5.41) is 3.47. The third-order valence-corrected chi connectivity index (χ3v) is 3.71. The first kappa shape index (κ1) is 14.5. The van der Waals surface area contributed by atoms with Gasteiger partial charge in [0.1, 0.15) is 0 Å². The summed E-state index contributed by atoms with van der Waals surface area (Å²) in [5.41, 5.74) is 0. The molecule has 0 aromatic carbocycles. The van der Waals surface area contributed by atoms with E-state index in [4.69, 9.17) is 4.74 Å². The molecule has 3 nitrogen and oxygen atoms in total. The summed E-state index contributed by atoms with van der Waals surface area (Å²) in [6.07, 6.45) is 8.70. The molecule has 0 saturated heterocycles. The van der Waals surface area contributed by atoms with Crippen molar-refractivity contribution in [3.8, 4) is 0 Å². The van der Waals surface area contributed by atoms with Gasteiger partial charge in [0, 0.05) is 12.6 Å². The molecule has 17 heavy (non-hydrogen) atoms. The molecule has 1 saturated carbocycles. The highest BCUT2D eigenvalue weighted by molar-refractivity contribution is 5.69. The van der Waals surface area contributed by atoms with Crippen LogP contribution in [0.25, 0.3) is 0 Å². The van der Waals surface area contributed by atoms with Crippen molar-refractivity contribution in [3.05, 3.63) is 0 Å². The van der Waals surface area contributed by atoms with E-state index in [1.165, 1.54) is 38.5 Å². The maximum Gasteiger partial charge on any atom is 0.307 e. The molecular weight excluding hydrogens is 214 g/mol. The lowest BCUT2D eigenvalue weighted by molar-refractivity contribution is -0.143. The number of carbonyl (C=O) groups excluding carboxylic acids is 1. The Bertz CT molecular complexity index is 210. The highest BCUT2D eigenvalue weighted by atomic mass is 16.5. The average Bonchev–Trinajstić information content (AvgIpc) is 2.57. The molecule has 0 amide bonds. The van der Waals surface area contributed by atoms with Gasteiger partial charge in [-0.25, -0.2) is 0 Å². The van der Waals surface area contributed by atoms with Crippen LogP contribution in [0.5, 0.6) is 0 Å². The van der Waals surface area contributed by atoms with Gasteiger partial charge in [-0.2, -0.15) is 0 Å². The molecule has 1 rings (SSSR count). The SMILES string of the molecule is CCOC(=O)CCN[C@@H](C)C1CCCCCC1. The van der Waals surface area contributed by atoms with Crippen molar-refractivity contribution < 1.29 is 9.53 Å². The van der Waals surface area contributed by atoms with Crippen LogP contribution in [0, 0.1) is 5.92 Å². The number of hydrogen-bond acceptors (Lipinski definition) is 3. The van der Waals surface area contributed by atoms with Crippen molar-refractivity contribution >= 4 is 5.97 Å². The minimum atomic E-state index is -0.0898. The second-order valence-electron chi connectivity index (χ2n) is 5.05. The summed E-state index contributed by atoms with van der Waals surface area (Å²) >= 11 is 0. The first-order valence-corrected chi connectivity index (χ1v) is 7.13. The van der Waals surface area contributed by atoms with Crippen LogP contribution in [0.2, 0.25) is 0 Å². The van der Waals surface area contributed by atoms with Gasteiger partial charge < -0.3 is 10.1 Å². The molecule has 1 atom stereocenters. The lowest BCUT2D eigenvalue weighted by atomic mass is 9.93. The monoisotopic (exact) mass is 241 g/mol. The molecular formula is C14H27NO2. The van der Waals surface area contributed by atoms with Gasteiger partial charge in [-0.15, -0.1) is 0 Å². The van der Waals surface area contributed by atoms with E-state index < -0.39 is 0 Å². The van der Waals surface area contributed by atoms with Crippen LogP contribution in [0.1, 0.15) is 58.8 Å². The maximum absolute atomic E-state index is 11.2. The minimum Gasteiger partial charge on any atom is -0.466 e. The predicted molar refractivity (Wildman–Crippen MR) is 69.9 cm³/mol. The maximum atomic E-state index is 11.2. The van der Waals surface area contributed by atoms with Crippen molar-refractivity contribution in [2.45, 2.75) is 64.8 Å². The summed E-state index contributed by atoms with van der Waals surface area (Å²) in [4.78, 5) is 11.2. The van der Waals surface area contributed by atoms with Crippen molar-refractivity contribution in [2.75, 3.05) is 13.2 Å². The van der Waals surface area contributed by atoms with Crippen molar-refractivity contribution in [2.24, 2.45) is 5.92 Å². The second-order valence-corrected chi connectivity index (χ2v) is 5.05. The molecule has 1 fully saturated rings. The molecule has 0 unspecified atom stereocenters. The molecule has 0 heterocycles. The number of esters is 1. The summed E-state index contributed by atoms with van der Waals surface area (Å²) in [7, 11) is 0. The minimum absolute atomic E-state index is 0.0898. The molecule has 1 N–H and O–H groups in total. The highest BCUT2D eigenvalue weighted by Crippen LogP contribution is 2.25. The van der Waals surface area contributed by atoms with E-state index in [2.05, 4.69) is 12.2 Å². The van der Waals surface area contributed by atoms with Crippen LogP contribution in [0.3, 0.4) is 0 Å². The Kier molecular flexibility index (Phi) is 7.25. The molecule has 0 aromatic heterocycles. The van der Waals surface area contributed by atoms with Crippen molar-refractivity contribution in [1.82, 2.24) is 5.32 Å². The number of ether oxygens (including phenoxy) is 1. The lowest BCUT2D eigenvalue weighted by Gasteiger charge is -2.23. The first-order valence-electron chi connectivity index (χ1n) is 7.13. The summed E-state index contributed by atoms with van der Waals surface area (Å²) in [6, 6.07) is 0.530. The van der Waals surface area contributed by atoms with Crippen molar-refractivity contribution in [3.63, 3.8) is 0 Å². The average molecular weight is 241 g/mol. The molecule has 0 radical (unpaired) electrons. The molecule has 1 aliphatic carbocycles. The van der Waals surface area contributed by atoms with Gasteiger partial charge in [0.05, 0.1) is 13.0 Å². The molecule has 3 heteroatoms. The van der Waals surface area contributed by atoms with E-state index in [0.29, 0.717) is 19.1 Å². The van der Waals surface area contributed by atoms with E-state index in [1.807, 2.05) is 6.92 Å². The van der Waals surface area contributed by atoms with Gasteiger partial charge in [-0.3, -0.25) is 4.79 Å². The smallest absolute Gasteiger partial charge is 0.307 e. The van der Waals surface area contributed by atoms with E-state index in [9.17, 15) is 4.79 Å². The van der Waals surface area contributed by atoms with Gasteiger partial charge in [0.15, 0.2) is 0 Å². The number of rotatable bonds is 6. The van der Waals surface area contributed by atoms with Gasteiger partial charge in [-0.1, -0.05) is 25.7 Å². The highest BCUT2D eigenvalue weighted by Gasteiger charge is 2.18. The third kappa shape index (κ3) is 6.06. The van der Waals surface area contributed by atoms with Gasteiger partial charge in [-0.05, 0) is 32.6 Å². The van der Waals surface area contributed by atoms with E-state index >= 15 is 0 Å².